The predicted octanol–water partition coefficient (Wildman–Crippen LogP) is 2.64. The molecule has 0 spiro atoms. The number of pyridine rings is 1. The number of halogens is 3. The van der Waals surface area contributed by atoms with Crippen LogP contribution >= 0.6 is 0 Å². The van der Waals surface area contributed by atoms with E-state index in [9.17, 15) is 13.2 Å². The third-order valence-corrected chi connectivity index (χ3v) is 2.48. The van der Waals surface area contributed by atoms with Gasteiger partial charge >= 0.3 is 6.18 Å². The van der Waals surface area contributed by atoms with Crippen LogP contribution in [0.3, 0.4) is 0 Å². The van der Waals surface area contributed by atoms with Crippen molar-refractivity contribution in [3.63, 3.8) is 0 Å². The molecule has 1 aromatic rings. The maximum atomic E-state index is 12.7. The fourth-order valence-electron chi connectivity index (χ4n) is 1.34. The molecule has 0 amide bonds. The molecule has 0 aliphatic carbocycles. The zero-order valence-corrected chi connectivity index (χ0v) is 9.52. The van der Waals surface area contributed by atoms with Gasteiger partial charge in [-0.3, -0.25) is 4.98 Å². The summed E-state index contributed by atoms with van der Waals surface area (Å²) in [7, 11) is 1.72. The Kier molecular flexibility index (Phi) is 3.57. The largest absolute Gasteiger partial charge is 0.418 e. The van der Waals surface area contributed by atoms with E-state index >= 15 is 0 Å². The first-order valence-electron chi connectivity index (χ1n) is 4.96. The molecule has 0 aromatic carbocycles. The summed E-state index contributed by atoms with van der Waals surface area (Å²) in [5.41, 5.74) is -0.985. The molecule has 90 valence electrons. The van der Waals surface area contributed by atoms with Crippen LogP contribution in [0.4, 0.5) is 13.2 Å². The maximum absolute atomic E-state index is 12.7. The molecule has 5 heteroatoms. The van der Waals surface area contributed by atoms with Crippen molar-refractivity contribution < 1.29 is 13.2 Å². The summed E-state index contributed by atoms with van der Waals surface area (Å²) in [6, 6.07) is 2.37. The minimum atomic E-state index is -4.34. The van der Waals surface area contributed by atoms with Crippen molar-refractivity contribution in [2.45, 2.75) is 32.0 Å². The highest BCUT2D eigenvalue weighted by Gasteiger charge is 2.35. The normalized spacial score (nSPS) is 12.9. The molecule has 0 fully saturated rings. The Morgan fingerprint density at radius 3 is 2.44 bits per heavy atom. The Morgan fingerprint density at radius 2 is 1.94 bits per heavy atom. The summed E-state index contributed by atoms with van der Waals surface area (Å²) in [5.74, 6) is 0. The maximum Gasteiger partial charge on any atom is 0.418 e. The summed E-state index contributed by atoms with van der Waals surface area (Å²) in [6.45, 7) is 3.67. The van der Waals surface area contributed by atoms with Gasteiger partial charge in [0.2, 0.25) is 0 Å². The lowest BCUT2D eigenvalue weighted by Gasteiger charge is -2.24. The van der Waals surface area contributed by atoms with Gasteiger partial charge < -0.3 is 5.32 Å². The van der Waals surface area contributed by atoms with Crippen LogP contribution in [0.2, 0.25) is 0 Å². The number of likely N-dealkylation sites (N-methyl/N-ethyl adjacent to an activating group) is 1. The van der Waals surface area contributed by atoms with Crippen LogP contribution in [-0.2, 0) is 12.6 Å². The standard InChI is InChI=1S/C11H15F3N2/c1-10(2,15-3)7-9-8(11(12,13)14)5-4-6-16-9/h4-6,15H,7H2,1-3H3. The minimum absolute atomic E-state index is 0.0781. The van der Waals surface area contributed by atoms with Crippen LogP contribution in [-0.4, -0.2) is 17.6 Å². The number of hydrogen-bond acceptors (Lipinski definition) is 2. The van der Waals surface area contributed by atoms with Crippen molar-refractivity contribution in [1.82, 2.24) is 10.3 Å². The number of hydrogen-bond donors (Lipinski definition) is 1. The summed E-state index contributed by atoms with van der Waals surface area (Å²) >= 11 is 0. The molecule has 1 aromatic heterocycles. The monoisotopic (exact) mass is 232 g/mol. The van der Waals surface area contributed by atoms with Crippen molar-refractivity contribution in [2.24, 2.45) is 0 Å². The molecule has 0 saturated heterocycles. The summed E-state index contributed by atoms with van der Waals surface area (Å²) in [5, 5.41) is 2.96. The van der Waals surface area contributed by atoms with Crippen molar-refractivity contribution in [2.75, 3.05) is 7.05 Å². The van der Waals surface area contributed by atoms with Crippen LogP contribution in [0.5, 0.6) is 0 Å². The zero-order valence-electron chi connectivity index (χ0n) is 9.52. The van der Waals surface area contributed by atoms with Crippen LogP contribution in [0.15, 0.2) is 18.3 Å². The smallest absolute Gasteiger partial charge is 0.314 e. The molecule has 0 bridgehead atoms. The van der Waals surface area contributed by atoms with Crippen molar-refractivity contribution >= 4 is 0 Å². The van der Waals surface area contributed by atoms with E-state index in [1.165, 1.54) is 12.3 Å². The van der Waals surface area contributed by atoms with Gasteiger partial charge in [-0.05, 0) is 33.0 Å². The minimum Gasteiger partial charge on any atom is -0.314 e. The Hall–Kier alpha value is -1.10. The molecular formula is C11H15F3N2. The van der Waals surface area contributed by atoms with Gasteiger partial charge in [0.15, 0.2) is 0 Å². The first-order valence-corrected chi connectivity index (χ1v) is 4.96. The Balaban J connectivity index is 3.06. The third kappa shape index (κ3) is 3.20. The van der Waals surface area contributed by atoms with Gasteiger partial charge in [0.05, 0.1) is 11.3 Å². The van der Waals surface area contributed by atoms with E-state index in [1.54, 1.807) is 7.05 Å². The lowest BCUT2D eigenvalue weighted by atomic mass is 9.96. The highest BCUT2D eigenvalue weighted by atomic mass is 19.4. The molecule has 0 radical (unpaired) electrons. The topological polar surface area (TPSA) is 24.9 Å². The van der Waals surface area contributed by atoms with E-state index in [-0.39, 0.29) is 12.1 Å². The molecule has 1 rings (SSSR count). The van der Waals surface area contributed by atoms with Crippen molar-refractivity contribution in [3.05, 3.63) is 29.6 Å². The van der Waals surface area contributed by atoms with Crippen LogP contribution < -0.4 is 5.32 Å². The van der Waals surface area contributed by atoms with Crippen LogP contribution in [0, 0.1) is 0 Å². The van der Waals surface area contributed by atoms with Gasteiger partial charge in [0.1, 0.15) is 0 Å². The zero-order chi connectivity index (χ0) is 12.4. The van der Waals surface area contributed by atoms with Gasteiger partial charge in [-0.2, -0.15) is 13.2 Å². The highest BCUT2D eigenvalue weighted by Crippen LogP contribution is 2.32. The van der Waals surface area contributed by atoms with Crippen LogP contribution in [0.25, 0.3) is 0 Å². The lowest BCUT2D eigenvalue weighted by Crippen LogP contribution is -2.39. The van der Waals surface area contributed by atoms with E-state index in [4.69, 9.17) is 0 Å². The van der Waals surface area contributed by atoms with E-state index in [1.807, 2.05) is 13.8 Å². The number of alkyl halides is 3. The fourth-order valence-corrected chi connectivity index (χ4v) is 1.34. The molecule has 1 heterocycles. The first kappa shape index (κ1) is 13.0. The number of rotatable bonds is 3. The van der Waals surface area contributed by atoms with E-state index in [0.717, 1.165) is 6.07 Å². The van der Waals surface area contributed by atoms with Gasteiger partial charge in [-0.15, -0.1) is 0 Å². The summed E-state index contributed by atoms with van der Waals surface area (Å²) in [6.07, 6.45) is -2.72. The van der Waals surface area contributed by atoms with E-state index in [0.29, 0.717) is 0 Å². The lowest BCUT2D eigenvalue weighted by molar-refractivity contribution is -0.138. The first-order chi connectivity index (χ1) is 7.26. The molecule has 0 unspecified atom stereocenters. The molecular weight excluding hydrogens is 217 g/mol. The molecule has 0 atom stereocenters. The van der Waals surface area contributed by atoms with Gasteiger partial charge in [0.25, 0.3) is 0 Å². The number of aromatic nitrogens is 1. The number of nitrogens with zero attached hydrogens (tertiary/aromatic N) is 1. The molecule has 0 saturated carbocycles. The molecule has 16 heavy (non-hydrogen) atoms. The van der Waals surface area contributed by atoms with Crippen molar-refractivity contribution in [3.8, 4) is 0 Å². The number of nitrogens with one attached hydrogen (secondary N) is 1. The predicted molar refractivity (Wildman–Crippen MR) is 56.1 cm³/mol. The van der Waals surface area contributed by atoms with Crippen LogP contribution in [0.1, 0.15) is 25.1 Å². The molecule has 2 nitrogen and oxygen atoms in total. The average Bonchev–Trinajstić information content (AvgIpc) is 2.16. The molecule has 0 aliphatic heterocycles. The fraction of sp³-hybridized carbons (Fsp3) is 0.545. The van der Waals surface area contributed by atoms with E-state index in [2.05, 4.69) is 10.3 Å². The Labute approximate surface area is 92.9 Å². The SMILES string of the molecule is CNC(C)(C)Cc1ncccc1C(F)(F)F. The molecule has 0 aliphatic rings. The van der Waals surface area contributed by atoms with Gasteiger partial charge in [-0.1, -0.05) is 0 Å². The summed E-state index contributed by atoms with van der Waals surface area (Å²) in [4.78, 5) is 3.82. The second kappa shape index (κ2) is 4.41. The van der Waals surface area contributed by atoms with E-state index < -0.39 is 17.3 Å². The quantitative estimate of drug-likeness (QED) is 0.866. The average molecular weight is 232 g/mol. The van der Waals surface area contributed by atoms with Gasteiger partial charge in [0, 0.05) is 18.2 Å². The highest BCUT2D eigenvalue weighted by molar-refractivity contribution is 5.24. The Morgan fingerprint density at radius 1 is 1.31 bits per heavy atom. The molecule has 1 N–H and O–H groups in total. The Bertz CT molecular complexity index is 358. The van der Waals surface area contributed by atoms with Gasteiger partial charge in [-0.25, -0.2) is 0 Å². The van der Waals surface area contributed by atoms with Crippen molar-refractivity contribution in [1.29, 1.82) is 0 Å². The second-order valence-corrected chi connectivity index (χ2v) is 4.31. The summed E-state index contributed by atoms with van der Waals surface area (Å²) < 4.78 is 38.0. The second-order valence-electron chi connectivity index (χ2n) is 4.31. The third-order valence-electron chi connectivity index (χ3n) is 2.48.